The standard InChI is InChI=1S/C49H76N6O10S/c1-34(2)31-40(47(61)52-39(45(50)59)32-36-23-17-15-18-24-36)53-48(62)44(35(3)56)55-43(58)28-22-14-12-10-8-6-5-7-9-11-13-21-27-42(57)51-38(29-30-66(4)65)46(60)54-41(49(63)64)33-37-25-19-16-20-26-37/h15-20,23-26,34-35,38-41,44,56H,5-14,21-22,27-33H2,1-4H3,(H2,50,59)(H,51,57)(H,52,61)(H,53,62)(H,54,60)(H,55,58)(H,63,64)/t35-,38+,39+,40+,41+,44+,66?/m1/s1. The molecular weight excluding hydrogens is 865 g/mol. The van der Waals surface area contributed by atoms with Crippen LogP contribution < -0.4 is 32.3 Å². The molecule has 2 aromatic carbocycles. The molecule has 0 saturated carbocycles. The lowest BCUT2D eigenvalue weighted by Crippen LogP contribution is -2.59. The van der Waals surface area contributed by atoms with Crippen molar-refractivity contribution in [1.82, 2.24) is 26.6 Å². The fourth-order valence-electron chi connectivity index (χ4n) is 7.44. The number of carboxylic acids is 1. The van der Waals surface area contributed by atoms with E-state index in [4.69, 9.17) is 5.73 Å². The van der Waals surface area contributed by atoms with Gasteiger partial charge >= 0.3 is 5.97 Å². The van der Waals surface area contributed by atoms with Gasteiger partial charge in [-0.1, -0.05) is 139 Å². The quantitative estimate of drug-likeness (QED) is 0.0459. The van der Waals surface area contributed by atoms with Gasteiger partial charge < -0.3 is 42.5 Å². The predicted octanol–water partition coefficient (Wildman–Crippen LogP) is 4.12. The van der Waals surface area contributed by atoms with Crippen LogP contribution in [0, 0.1) is 5.92 Å². The SMILES string of the molecule is CC(C)C[C@H](NC(=O)[C@@H](NC(=O)CCCCCCCCCCCCCCC(=O)N[C@@H](CCS(C)=O)C(=O)N[C@@H](Cc1ccccc1)C(=O)O)[C@@H](C)O)C(=O)N[C@@H](Cc1ccccc1)C(N)=O. The average Bonchev–Trinajstić information content (AvgIpc) is 3.26. The summed E-state index contributed by atoms with van der Waals surface area (Å²) in [5, 5.41) is 33.3. The van der Waals surface area contributed by atoms with Gasteiger partial charge in [0.15, 0.2) is 0 Å². The lowest BCUT2D eigenvalue weighted by Gasteiger charge is -2.26. The number of hydrogen-bond acceptors (Lipinski definition) is 9. The van der Waals surface area contributed by atoms with E-state index in [9.17, 15) is 48.0 Å². The summed E-state index contributed by atoms with van der Waals surface area (Å²) in [6.07, 6.45) is 12.7. The number of aliphatic carboxylic acids is 1. The summed E-state index contributed by atoms with van der Waals surface area (Å²) in [7, 11) is -1.19. The highest BCUT2D eigenvalue weighted by molar-refractivity contribution is 7.84. The van der Waals surface area contributed by atoms with E-state index in [1.165, 1.54) is 13.2 Å². The third-order valence-electron chi connectivity index (χ3n) is 11.2. The number of aliphatic hydroxyl groups is 1. The lowest BCUT2D eigenvalue weighted by molar-refractivity contribution is -0.142. The number of nitrogens with two attached hydrogens (primary N) is 1. The number of carbonyl (C=O) groups is 7. The zero-order chi connectivity index (χ0) is 48.9. The van der Waals surface area contributed by atoms with Crippen LogP contribution in [0.4, 0.5) is 0 Å². The molecule has 0 heterocycles. The minimum Gasteiger partial charge on any atom is -0.480 e. The van der Waals surface area contributed by atoms with E-state index in [0.29, 0.717) is 12.8 Å². The maximum absolute atomic E-state index is 13.3. The highest BCUT2D eigenvalue weighted by Gasteiger charge is 2.32. The maximum atomic E-state index is 13.3. The normalized spacial score (nSPS) is 14.4. The zero-order valence-electron chi connectivity index (χ0n) is 39.4. The Balaban J connectivity index is 1.63. The fourth-order valence-corrected chi connectivity index (χ4v) is 8.01. The van der Waals surface area contributed by atoms with Crippen molar-refractivity contribution in [2.75, 3.05) is 12.0 Å². The van der Waals surface area contributed by atoms with Crippen molar-refractivity contribution >= 4 is 52.2 Å². The van der Waals surface area contributed by atoms with Crippen LogP contribution in [0.25, 0.3) is 0 Å². The Kier molecular flexibility index (Phi) is 28.1. The summed E-state index contributed by atoms with van der Waals surface area (Å²) >= 11 is 0. The molecule has 2 aromatic rings. The Hall–Kier alpha value is -5.16. The van der Waals surface area contributed by atoms with E-state index < -0.39 is 76.7 Å². The van der Waals surface area contributed by atoms with Gasteiger partial charge in [0.2, 0.25) is 35.4 Å². The summed E-state index contributed by atoms with van der Waals surface area (Å²) in [5.74, 6) is -4.28. The number of hydrogen-bond donors (Lipinski definition) is 8. The molecule has 0 aliphatic heterocycles. The Morgan fingerprint density at radius 2 is 0.970 bits per heavy atom. The molecule has 16 nitrogen and oxygen atoms in total. The number of benzene rings is 2. The molecule has 9 N–H and O–H groups in total. The molecule has 17 heteroatoms. The zero-order valence-corrected chi connectivity index (χ0v) is 40.2. The first-order chi connectivity index (χ1) is 31.5. The number of carboxylic acid groups (broad SMARTS) is 1. The number of aliphatic hydroxyl groups excluding tert-OH is 1. The van der Waals surface area contributed by atoms with Crippen LogP contribution in [-0.2, 0) is 57.2 Å². The summed E-state index contributed by atoms with van der Waals surface area (Å²) < 4.78 is 11.8. The van der Waals surface area contributed by atoms with Crippen molar-refractivity contribution in [3.8, 4) is 0 Å². The second-order valence-electron chi connectivity index (χ2n) is 17.6. The molecule has 0 aliphatic carbocycles. The topological polar surface area (TPSA) is 263 Å². The van der Waals surface area contributed by atoms with Gasteiger partial charge in [-0.05, 0) is 49.7 Å². The predicted molar refractivity (Wildman–Crippen MR) is 256 cm³/mol. The molecule has 1 unspecified atom stereocenters. The monoisotopic (exact) mass is 941 g/mol. The van der Waals surface area contributed by atoms with Crippen molar-refractivity contribution in [2.24, 2.45) is 11.7 Å². The molecule has 0 bridgehead atoms. The molecule has 0 aromatic heterocycles. The van der Waals surface area contributed by atoms with Gasteiger partial charge in [-0.2, -0.15) is 0 Å². The highest BCUT2D eigenvalue weighted by atomic mass is 32.2. The van der Waals surface area contributed by atoms with Crippen LogP contribution in [-0.4, -0.2) is 104 Å². The van der Waals surface area contributed by atoms with Gasteiger partial charge in [-0.15, -0.1) is 0 Å². The molecule has 6 amide bonds. The van der Waals surface area contributed by atoms with Crippen LogP contribution in [0.3, 0.4) is 0 Å². The van der Waals surface area contributed by atoms with E-state index in [1.807, 2.05) is 50.2 Å². The summed E-state index contributed by atoms with van der Waals surface area (Å²) in [6.45, 7) is 5.16. The van der Waals surface area contributed by atoms with Crippen LogP contribution in [0.15, 0.2) is 60.7 Å². The van der Waals surface area contributed by atoms with Gasteiger partial charge in [0.05, 0.1) is 6.10 Å². The van der Waals surface area contributed by atoms with Crippen molar-refractivity contribution in [3.05, 3.63) is 71.8 Å². The molecule has 7 atom stereocenters. The van der Waals surface area contributed by atoms with Crippen LogP contribution in [0.1, 0.15) is 135 Å². The molecule has 0 saturated heterocycles. The number of nitrogens with one attached hydrogen (secondary N) is 5. The number of unbranched alkanes of at least 4 members (excludes halogenated alkanes) is 11. The van der Waals surface area contributed by atoms with E-state index in [0.717, 1.165) is 75.3 Å². The Bertz CT molecular complexity index is 1820. The largest absolute Gasteiger partial charge is 0.480 e. The van der Waals surface area contributed by atoms with Gasteiger partial charge in [-0.3, -0.25) is 33.0 Å². The Morgan fingerprint density at radius 1 is 0.561 bits per heavy atom. The van der Waals surface area contributed by atoms with E-state index in [2.05, 4.69) is 26.6 Å². The molecule has 0 spiro atoms. The Labute approximate surface area is 393 Å². The smallest absolute Gasteiger partial charge is 0.326 e. The van der Waals surface area contributed by atoms with Gasteiger partial charge in [0, 0.05) is 48.5 Å². The second-order valence-corrected chi connectivity index (χ2v) is 19.2. The maximum Gasteiger partial charge on any atom is 0.326 e. The van der Waals surface area contributed by atoms with Crippen molar-refractivity contribution in [3.63, 3.8) is 0 Å². The first kappa shape index (κ1) is 57.0. The first-order valence-corrected chi connectivity index (χ1v) is 25.3. The van der Waals surface area contributed by atoms with Crippen molar-refractivity contribution in [1.29, 1.82) is 0 Å². The third-order valence-corrected chi connectivity index (χ3v) is 12.0. The van der Waals surface area contributed by atoms with Gasteiger partial charge in [0.25, 0.3) is 0 Å². The van der Waals surface area contributed by atoms with Crippen LogP contribution in [0.5, 0.6) is 0 Å². The molecule has 0 fully saturated rings. The van der Waals surface area contributed by atoms with Crippen LogP contribution >= 0.6 is 0 Å². The Morgan fingerprint density at radius 3 is 1.39 bits per heavy atom. The van der Waals surface area contributed by atoms with Gasteiger partial charge in [0.1, 0.15) is 30.2 Å². The highest BCUT2D eigenvalue weighted by Crippen LogP contribution is 2.14. The summed E-state index contributed by atoms with van der Waals surface area (Å²) in [6, 6.07) is 12.6. The number of amides is 6. The summed E-state index contributed by atoms with van der Waals surface area (Å²) in [4.78, 5) is 89.3. The fraction of sp³-hybridized carbons (Fsp3) is 0.612. The van der Waals surface area contributed by atoms with E-state index >= 15 is 0 Å². The average molecular weight is 941 g/mol. The van der Waals surface area contributed by atoms with Crippen molar-refractivity contribution in [2.45, 2.75) is 173 Å². The molecular formula is C49H76N6O10S. The van der Waals surface area contributed by atoms with Crippen LogP contribution in [0.2, 0.25) is 0 Å². The molecule has 2 rings (SSSR count). The molecule has 66 heavy (non-hydrogen) atoms. The minimum atomic E-state index is -1.27. The second kappa shape index (κ2) is 32.5. The molecule has 368 valence electrons. The van der Waals surface area contributed by atoms with Crippen molar-refractivity contribution < 1.29 is 48.0 Å². The first-order valence-electron chi connectivity index (χ1n) is 23.5. The lowest BCUT2D eigenvalue weighted by atomic mass is 10.0. The van der Waals surface area contributed by atoms with Gasteiger partial charge in [-0.25, -0.2) is 4.79 Å². The van der Waals surface area contributed by atoms with E-state index in [1.54, 1.807) is 24.3 Å². The third kappa shape index (κ3) is 24.9. The molecule has 0 radical (unpaired) electrons. The number of rotatable bonds is 35. The summed E-state index contributed by atoms with van der Waals surface area (Å²) in [5.41, 5.74) is 7.15. The number of primary amides is 1. The number of carbonyl (C=O) groups excluding carboxylic acids is 6. The minimum absolute atomic E-state index is 0.000877. The molecule has 0 aliphatic rings. The van der Waals surface area contributed by atoms with E-state index in [-0.39, 0.29) is 62.0 Å².